The van der Waals surface area contributed by atoms with Crippen molar-refractivity contribution >= 4 is 12.6 Å². The summed E-state index contributed by atoms with van der Waals surface area (Å²) in [4.78, 5) is 18.6. The van der Waals surface area contributed by atoms with Crippen molar-refractivity contribution in [3.8, 4) is 5.75 Å². The van der Waals surface area contributed by atoms with Crippen molar-refractivity contribution in [1.82, 2.24) is 10.2 Å². The maximum Gasteiger partial charge on any atom is 0.220 e. The van der Waals surface area contributed by atoms with Gasteiger partial charge in [0.15, 0.2) is 0 Å². The largest absolute Gasteiger partial charge is 0.508 e. The van der Waals surface area contributed by atoms with E-state index in [1.165, 1.54) is 0 Å². The molecule has 0 heterocycles. The van der Waals surface area contributed by atoms with Crippen molar-refractivity contribution in [2.45, 2.75) is 39.2 Å². The van der Waals surface area contributed by atoms with Gasteiger partial charge in [-0.1, -0.05) is 38.6 Å². The number of nitrogens with zero attached hydrogens (tertiary/aromatic N) is 2. The quantitative estimate of drug-likeness (QED) is 0.425. The molecule has 2 unspecified atom stereocenters. The van der Waals surface area contributed by atoms with Crippen LogP contribution in [-0.2, 0) is 11.2 Å². The van der Waals surface area contributed by atoms with Gasteiger partial charge in [-0.15, -0.1) is 0 Å². The predicted molar refractivity (Wildman–Crippen MR) is 118 cm³/mol. The van der Waals surface area contributed by atoms with Gasteiger partial charge < -0.3 is 15.3 Å². The molecule has 0 saturated heterocycles. The number of phenols is 1. The molecule has 2 N–H and O–H groups in total. The lowest BCUT2D eigenvalue weighted by atomic mass is 9.87. The predicted octanol–water partition coefficient (Wildman–Crippen LogP) is 3.80. The molecule has 5 heteroatoms. The van der Waals surface area contributed by atoms with E-state index in [0.717, 1.165) is 24.0 Å². The average Bonchev–Trinajstić information content (AvgIpc) is 2.63. The highest BCUT2D eigenvalue weighted by Gasteiger charge is 2.20. The van der Waals surface area contributed by atoms with Gasteiger partial charge in [-0.2, -0.15) is 0 Å². The molecule has 1 rings (SSSR count). The summed E-state index contributed by atoms with van der Waals surface area (Å²) in [5, 5.41) is 12.5. The van der Waals surface area contributed by atoms with Crippen LogP contribution in [0.1, 0.15) is 32.3 Å². The molecule has 0 bridgehead atoms. The van der Waals surface area contributed by atoms with Gasteiger partial charge in [0.1, 0.15) is 5.75 Å². The summed E-state index contributed by atoms with van der Waals surface area (Å²) in [6.07, 6.45) is 5.56. The second-order valence-electron chi connectivity index (χ2n) is 7.84. The lowest BCUT2D eigenvalue weighted by Gasteiger charge is -2.26. The fourth-order valence-corrected chi connectivity index (χ4v) is 3.21. The number of benzene rings is 1. The van der Waals surface area contributed by atoms with Crippen LogP contribution in [0.4, 0.5) is 0 Å². The number of phenolic OH excluding ortho intramolecular Hbond substituents is 1. The Morgan fingerprint density at radius 2 is 1.93 bits per heavy atom. The molecule has 0 fully saturated rings. The van der Waals surface area contributed by atoms with Crippen LogP contribution < -0.4 is 5.32 Å². The first-order chi connectivity index (χ1) is 13.3. The molecule has 2 atom stereocenters. The fraction of sp³-hybridized carbons (Fsp3) is 0.478. The third kappa shape index (κ3) is 8.53. The van der Waals surface area contributed by atoms with Crippen molar-refractivity contribution in [1.29, 1.82) is 0 Å². The summed E-state index contributed by atoms with van der Waals surface area (Å²) in [6, 6.07) is 7.37. The van der Waals surface area contributed by atoms with Crippen LogP contribution >= 0.6 is 0 Å². The number of likely N-dealkylation sites (N-methyl/N-ethyl adjacent to an activating group) is 1. The standard InChI is InChI=1S/C23H35N3O2/c1-7-19(15-24-4)20(12-17(2)3)14-23(28)25-16-21(26(5)6)13-18-8-10-22(27)11-9-18/h7-11,15,17,20-21,27H,1,4,12-14,16H2,2-3,5-6H3,(H,25,28)/b19-15+. The third-order valence-electron chi connectivity index (χ3n) is 4.81. The van der Waals surface area contributed by atoms with Crippen LogP contribution in [0.2, 0.25) is 0 Å². The molecule has 0 spiro atoms. The smallest absolute Gasteiger partial charge is 0.220 e. The molecule has 0 aliphatic carbocycles. The molecule has 0 saturated carbocycles. The van der Waals surface area contributed by atoms with E-state index in [-0.39, 0.29) is 23.6 Å². The number of carbonyl (C=O) groups excluding carboxylic acids is 1. The number of amides is 1. The molecule has 0 radical (unpaired) electrons. The number of nitrogens with one attached hydrogen (secondary N) is 1. The molecule has 5 nitrogen and oxygen atoms in total. The van der Waals surface area contributed by atoms with Gasteiger partial charge in [-0.05, 0) is 68.8 Å². The number of rotatable bonds is 12. The molecule has 28 heavy (non-hydrogen) atoms. The van der Waals surface area contributed by atoms with E-state index < -0.39 is 0 Å². The monoisotopic (exact) mass is 385 g/mol. The lowest BCUT2D eigenvalue weighted by molar-refractivity contribution is -0.122. The zero-order chi connectivity index (χ0) is 21.1. The van der Waals surface area contributed by atoms with E-state index in [2.05, 4.69) is 42.4 Å². The van der Waals surface area contributed by atoms with Gasteiger partial charge in [-0.3, -0.25) is 9.79 Å². The SMILES string of the molecule is C=C/C(=C\N=C)C(CC(=O)NCC(Cc1ccc(O)cc1)N(C)C)CC(C)C. The Hall–Kier alpha value is -2.40. The minimum atomic E-state index is 0.0278. The van der Waals surface area contributed by atoms with Crippen LogP contribution in [0.3, 0.4) is 0 Å². The number of aromatic hydroxyl groups is 1. The van der Waals surface area contributed by atoms with E-state index in [9.17, 15) is 9.90 Å². The van der Waals surface area contributed by atoms with Crippen molar-refractivity contribution in [3.63, 3.8) is 0 Å². The van der Waals surface area contributed by atoms with Crippen LogP contribution in [0.15, 0.2) is 53.7 Å². The molecule has 0 aliphatic rings. The van der Waals surface area contributed by atoms with E-state index >= 15 is 0 Å². The Morgan fingerprint density at radius 3 is 2.43 bits per heavy atom. The Bertz CT molecular complexity index is 663. The Labute approximate surface area is 169 Å². The van der Waals surface area contributed by atoms with Crippen molar-refractivity contribution in [3.05, 3.63) is 54.3 Å². The Morgan fingerprint density at radius 1 is 1.29 bits per heavy atom. The van der Waals surface area contributed by atoms with E-state index in [1.54, 1.807) is 24.4 Å². The van der Waals surface area contributed by atoms with Gasteiger partial charge in [0.05, 0.1) is 0 Å². The third-order valence-corrected chi connectivity index (χ3v) is 4.81. The molecule has 1 aromatic carbocycles. The van der Waals surface area contributed by atoms with Crippen LogP contribution in [0.25, 0.3) is 0 Å². The number of aliphatic imine (C=N–C) groups is 1. The molecule has 1 amide bonds. The first-order valence-corrected chi connectivity index (χ1v) is 9.76. The summed E-state index contributed by atoms with van der Waals surface area (Å²) in [7, 11) is 4.01. The maximum absolute atomic E-state index is 12.6. The van der Waals surface area contributed by atoms with Crippen molar-refractivity contribution in [2.75, 3.05) is 20.6 Å². The zero-order valence-corrected chi connectivity index (χ0v) is 17.7. The topological polar surface area (TPSA) is 64.9 Å². The molecule has 154 valence electrons. The highest BCUT2D eigenvalue weighted by atomic mass is 16.3. The first kappa shape index (κ1) is 23.6. The van der Waals surface area contributed by atoms with Crippen molar-refractivity contribution in [2.24, 2.45) is 16.8 Å². The minimum absolute atomic E-state index is 0.0278. The first-order valence-electron chi connectivity index (χ1n) is 9.76. The molecule has 0 aliphatic heterocycles. The number of carbonyl (C=O) groups is 1. The molecule has 1 aromatic rings. The van der Waals surface area contributed by atoms with Crippen molar-refractivity contribution < 1.29 is 9.90 Å². The maximum atomic E-state index is 12.6. The van der Waals surface area contributed by atoms with Gasteiger partial charge in [0.25, 0.3) is 0 Å². The van der Waals surface area contributed by atoms with Gasteiger partial charge in [-0.25, -0.2) is 0 Å². The Kier molecular flexibility index (Phi) is 10.2. The second kappa shape index (κ2) is 12.1. The molecular formula is C23H35N3O2. The number of allylic oxidation sites excluding steroid dienone is 2. The van der Waals surface area contributed by atoms with E-state index in [4.69, 9.17) is 0 Å². The lowest BCUT2D eigenvalue weighted by Crippen LogP contribution is -2.42. The van der Waals surface area contributed by atoms with E-state index in [1.807, 2.05) is 26.2 Å². The minimum Gasteiger partial charge on any atom is -0.508 e. The number of hydrogen-bond donors (Lipinski definition) is 2. The van der Waals surface area contributed by atoms with Gasteiger partial charge in [0, 0.05) is 25.2 Å². The second-order valence-corrected chi connectivity index (χ2v) is 7.84. The highest BCUT2D eigenvalue weighted by Crippen LogP contribution is 2.24. The zero-order valence-electron chi connectivity index (χ0n) is 17.7. The normalized spacial score (nSPS) is 14.0. The van der Waals surface area contributed by atoms with E-state index in [0.29, 0.717) is 18.9 Å². The van der Waals surface area contributed by atoms with Crippen LogP contribution in [-0.4, -0.2) is 49.3 Å². The van der Waals surface area contributed by atoms with Gasteiger partial charge in [0.2, 0.25) is 5.91 Å². The average molecular weight is 386 g/mol. The molecule has 0 aromatic heterocycles. The summed E-state index contributed by atoms with van der Waals surface area (Å²) in [5.74, 6) is 0.836. The summed E-state index contributed by atoms with van der Waals surface area (Å²) in [6.45, 7) is 12.2. The number of hydrogen-bond acceptors (Lipinski definition) is 4. The fourth-order valence-electron chi connectivity index (χ4n) is 3.21. The highest BCUT2D eigenvalue weighted by molar-refractivity contribution is 5.76. The summed E-state index contributed by atoms with van der Waals surface area (Å²) in [5.41, 5.74) is 2.07. The summed E-state index contributed by atoms with van der Waals surface area (Å²) < 4.78 is 0. The van der Waals surface area contributed by atoms with Crippen LogP contribution in [0.5, 0.6) is 5.75 Å². The van der Waals surface area contributed by atoms with Crippen LogP contribution in [0, 0.1) is 11.8 Å². The summed E-state index contributed by atoms with van der Waals surface area (Å²) >= 11 is 0. The van der Waals surface area contributed by atoms with Gasteiger partial charge >= 0.3 is 0 Å². The molecular weight excluding hydrogens is 350 g/mol. The Balaban J connectivity index is 2.71.